The molecule has 1 aromatic heterocycles. The molecule has 0 saturated heterocycles. The molecule has 1 amide bonds. The lowest BCUT2D eigenvalue weighted by Gasteiger charge is -2.12. The van der Waals surface area contributed by atoms with Gasteiger partial charge in [-0.1, -0.05) is 18.2 Å². The van der Waals surface area contributed by atoms with E-state index in [1.807, 2.05) is 51.1 Å². The summed E-state index contributed by atoms with van der Waals surface area (Å²) in [6.45, 7) is 5.59. The Labute approximate surface area is 152 Å². The van der Waals surface area contributed by atoms with Crippen LogP contribution < -0.4 is 20.3 Å². The Hall–Kier alpha value is -3.02. The highest BCUT2D eigenvalue weighted by molar-refractivity contribution is 5.77. The lowest BCUT2D eigenvalue weighted by atomic mass is 10.1. The molecule has 0 unspecified atom stereocenters. The van der Waals surface area contributed by atoms with E-state index in [1.165, 1.54) is 0 Å². The van der Waals surface area contributed by atoms with Gasteiger partial charge in [-0.3, -0.25) is 9.59 Å². The Morgan fingerprint density at radius 3 is 2.65 bits per heavy atom. The number of aromatic nitrogens is 1. The molecule has 6 heteroatoms. The Morgan fingerprint density at radius 2 is 2.00 bits per heavy atom. The topological polar surface area (TPSA) is 80.4 Å². The summed E-state index contributed by atoms with van der Waals surface area (Å²) in [5, 5.41) is 2.70. The number of methoxy groups -OCH3 is 1. The molecule has 2 N–H and O–H groups in total. The van der Waals surface area contributed by atoms with Crippen molar-refractivity contribution in [2.45, 2.75) is 27.3 Å². The van der Waals surface area contributed by atoms with Gasteiger partial charge in [-0.2, -0.15) is 0 Å². The third-order valence-corrected chi connectivity index (χ3v) is 3.86. The number of hydrogen-bond acceptors (Lipinski definition) is 4. The Morgan fingerprint density at radius 1 is 1.23 bits per heavy atom. The fourth-order valence-electron chi connectivity index (χ4n) is 2.58. The van der Waals surface area contributed by atoms with Gasteiger partial charge in [-0.05, 0) is 50.1 Å². The van der Waals surface area contributed by atoms with E-state index in [2.05, 4.69) is 10.3 Å². The number of H-pyrrole nitrogens is 1. The van der Waals surface area contributed by atoms with Crippen LogP contribution in [0.4, 0.5) is 0 Å². The first kappa shape index (κ1) is 19.3. The summed E-state index contributed by atoms with van der Waals surface area (Å²) in [5.41, 5.74) is 2.96. The van der Waals surface area contributed by atoms with Crippen LogP contribution in [0.15, 0.2) is 35.1 Å². The molecule has 0 atom stereocenters. The van der Waals surface area contributed by atoms with Crippen LogP contribution in [0.1, 0.15) is 29.3 Å². The summed E-state index contributed by atoms with van der Waals surface area (Å²) in [7, 11) is 1.55. The molecule has 0 spiro atoms. The monoisotopic (exact) mass is 356 g/mol. The first-order valence-electron chi connectivity index (χ1n) is 8.34. The van der Waals surface area contributed by atoms with Crippen LogP contribution in [0, 0.1) is 13.8 Å². The molecule has 0 saturated carbocycles. The maximum absolute atomic E-state index is 12.0. The molecule has 6 nitrogen and oxygen atoms in total. The van der Waals surface area contributed by atoms with Crippen molar-refractivity contribution in [3.05, 3.63) is 63.1 Å². The number of rotatable bonds is 7. The maximum atomic E-state index is 12.0. The van der Waals surface area contributed by atoms with Gasteiger partial charge in [0.05, 0.1) is 7.11 Å². The summed E-state index contributed by atoms with van der Waals surface area (Å²) in [6, 6.07) is 7.35. The Kier molecular flexibility index (Phi) is 6.60. The number of aryl methyl sites for hydroxylation is 2. The van der Waals surface area contributed by atoms with E-state index in [1.54, 1.807) is 13.2 Å². The van der Waals surface area contributed by atoms with Crippen LogP contribution in [0.25, 0.3) is 6.08 Å². The van der Waals surface area contributed by atoms with Gasteiger partial charge in [0.15, 0.2) is 18.1 Å². The number of hydrogen-bond donors (Lipinski definition) is 2. The second-order valence-electron chi connectivity index (χ2n) is 5.92. The van der Waals surface area contributed by atoms with Crippen LogP contribution in [0.3, 0.4) is 0 Å². The summed E-state index contributed by atoms with van der Waals surface area (Å²) in [5.74, 6) is 0.725. The molecular formula is C20H24N2O4. The molecule has 26 heavy (non-hydrogen) atoms. The number of nitrogens with one attached hydrogen (secondary N) is 2. The molecule has 0 radical (unpaired) electrons. The first-order valence-corrected chi connectivity index (χ1v) is 8.34. The summed E-state index contributed by atoms with van der Waals surface area (Å²) in [4.78, 5) is 26.7. The van der Waals surface area contributed by atoms with Gasteiger partial charge >= 0.3 is 0 Å². The van der Waals surface area contributed by atoms with Crippen LogP contribution in [-0.4, -0.2) is 24.6 Å². The van der Waals surface area contributed by atoms with E-state index in [-0.39, 0.29) is 24.6 Å². The van der Waals surface area contributed by atoms with Crippen molar-refractivity contribution >= 4 is 12.0 Å². The third-order valence-electron chi connectivity index (χ3n) is 3.86. The molecule has 0 fully saturated rings. The van der Waals surface area contributed by atoms with Crippen LogP contribution in [0.2, 0.25) is 0 Å². The highest BCUT2D eigenvalue weighted by Gasteiger charge is 2.10. The number of carbonyl (C=O) groups excluding carboxylic acids is 1. The molecule has 2 aromatic rings. The van der Waals surface area contributed by atoms with Crippen molar-refractivity contribution in [3.8, 4) is 11.5 Å². The predicted octanol–water partition coefficient (Wildman–Crippen LogP) is 2.73. The van der Waals surface area contributed by atoms with Crippen molar-refractivity contribution in [1.82, 2.24) is 10.3 Å². The Balaban J connectivity index is 1.96. The number of aromatic amines is 1. The van der Waals surface area contributed by atoms with E-state index < -0.39 is 0 Å². The van der Waals surface area contributed by atoms with Crippen LogP contribution in [0.5, 0.6) is 11.5 Å². The van der Waals surface area contributed by atoms with Gasteiger partial charge in [-0.15, -0.1) is 0 Å². The molecular weight excluding hydrogens is 332 g/mol. The normalized spacial score (nSPS) is 10.8. The SMILES string of the molecule is C/C=C/c1ccc(OCC(=O)NCc2c(C)cc(C)[nH]c2=O)c(OC)c1. The van der Waals surface area contributed by atoms with Gasteiger partial charge in [0.25, 0.3) is 11.5 Å². The standard InChI is InChI=1S/C20H24N2O4/c1-5-6-15-7-8-17(18(10-15)25-4)26-12-19(23)21-11-16-13(2)9-14(3)22-20(16)24/h5-10H,11-12H2,1-4H3,(H,21,23)(H,22,24)/b6-5+. The van der Waals surface area contributed by atoms with Crippen LogP contribution >= 0.6 is 0 Å². The van der Waals surface area contributed by atoms with Crippen molar-refractivity contribution < 1.29 is 14.3 Å². The number of amides is 1. The highest BCUT2D eigenvalue weighted by atomic mass is 16.5. The quantitative estimate of drug-likeness (QED) is 0.799. The summed E-state index contributed by atoms with van der Waals surface area (Å²) < 4.78 is 10.8. The molecule has 138 valence electrons. The zero-order chi connectivity index (χ0) is 19.1. The van der Waals surface area contributed by atoms with Crippen molar-refractivity contribution in [2.75, 3.05) is 13.7 Å². The van der Waals surface area contributed by atoms with E-state index in [0.717, 1.165) is 16.8 Å². The second-order valence-corrected chi connectivity index (χ2v) is 5.92. The maximum Gasteiger partial charge on any atom is 0.258 e. The van der Waals surface area contributed by atoms with Gasteiger partial charge in [0.1, 0.15) is 0 Å². The van der Waals surface area contributed by atoms with Gasteiger partial charge < -0.3 is 19.8 Å². The zero-order valence-electron chi connectivity index (χ0n) is 15.5. The number of ether oxygens (including phenoxy) is 2. The Bertz CT molecular complexity index is 869. The van der Waals surface area contributed by atoms with Crippen molar-refractivity contribution in [1.29, 1.82) is 0 Å². The van der Waals surface area contributed by atoms with E-state index in [9.17, 15) is 9.59 Å². The van der Waals surface area contributed by atoms with E-state index in [4.69, 9.17) is 9.47 Å². The lowest BCUT2D eigenvalue weighted by molar-refractivity contribution is -0.123. The third kappa shape index (κ3) is 4.99. The van der Waals surface area contributed by atoms with E-state index >= 15 is 0 Å². The molecule has 0 bridgehead atoms. The van der Waals surface area contributed by atoms with Gasteiger partial charge in [0, 0.05) is 17.8 Å². The molecule has 1 aromatic carbocycles. The fourth-order valence-corrected chi connectivity index (χ4v) is 2.58. The molecule has 0 aliphatic heterocycles. The minimum absolute atomic E-state index is 0.154. The fraction of sp³-hybridized carbons (Fsp3) is 0.300. The number of allylic oxidation sites excluding steroid dienone is 1. The average Bonchev–Trinajstić information content (AvgIpc) is 2.59. The number of pyridine rings is 1. The second kappa shape index (κ2) is 8.89. The predicted molar refractivity (Wildman–Crippen MR) is 102 cm³/mol. The van der Waals surface area contributed by atoms with Gasteiger partial charge in [-0.25, -0.2) is 0 Å². The van der Waals surface area contributed by atoms with E-state index in [0.29, 0.717) is 17.1 Å². The minimum atomic E-state index is -0.316. The summed E-state index contributed by atoms with van der Waals surface area (Å²) >= 11 is 0. The molecule has 0 aliphatic rings. The smallest absolute Gasteiger partial charge is 0.258 e. The zero-order valence-corrected chi connectivity index (χ0v) is 15.5. The molecule has 1 heterocycles. The number of carbonyl (C=O) groups is 1. The summed E-state index contributed by atoms with van der Waals surface area (Å²) in [6.07, 6.45) is 3.87. The van der Waals surface area contributed by atoms with Crippen LogP contribution in [-0.2, 0) is 11.3 Å². The molecule has 0 aliphatic carbocycles. The lowest BCUT2D eigenvalue weighted by Crippen LogP contribution is -2.31. The van der Waals surface area contributed by atoms with Gasteiger partial charge in [0.2, 0.25) is 0 Å². The molecule has 2 rings (SSSR count). The van der Waals surface area contributed by atoms with Crippen molar-refractivity contribution in [3.63, 3.8) is 0 Å². The first-order chi connectivity index (χ1) is 12.4. The largest absolute Gasteiger partial charge is 0.493 e. The minimum Gasteiger partial charge on any atom is -0.493 e. The number of benzene rings is 1. The van der Waals surface area contributed by atoms with Crippen molar-refractivity contribution in [2.24, 2.45) is 0 Å². The average molecular weight is 356 g/mol. The highest BCUT2D eigenvalue weighted by Crippen LogP contribution is 2.28.